The van der Waals surface area contributed by atoms with Crippen molar-refractivity contribution in [2.24, 2.45) is 4.99 Å². The lowest BCUT2D eigenvalue weighted by atomic mass is 10.2. The molecule has 0 unspecified atom stereocenters. The van der Waals surface area contributed by atoms with Crippen LogP contribution < -0.4 is 15.4 Å². The summed E-state index contributed by atoms with van der Waals surface area (Å²) in [5.74, 6) is -1.17. The number of hydrogen-bond acceptors (Lipinski definition) is 2. The average Bonchev–Trinajstić information content (AvgIpc) is 2.44. The van der Waals surface area contributed by atoms with Gasteiger partial charge >= 0.3 is 12.8 Å². The maximum absolute atomic E-state index is 13.8. The first-order valence-corrected chi connectivity index (χ1v) is 7.04. The highest BCUT2D eigenvalue weighted by Crippen LogP contribution is 2.24. The van der Waals surface area contributed by atoms with Gasteiger partial charge in [-0.2, -0.15) is 22.0 Å². The van der Waals surface area contributed by atoms with Gasteiger partial charge in [0.15, 0.2) is 5.96 Å². The smallest absolute Gasteiger partial charge is 0.390 e. The topological polar surface area (TPSA) is 45.7 Å². The molecule has 1 rings (SSSR count). The molecule has 0 heterocycles. The number of nitrogens with zero attached hydrogens (tertiary/aromatic N) is 1. The SMILES string of the molecule is CCNC(=NCc1c(F)cccc1OC(F)F)NCCC(F)(F)F.I. The first kappa shape index (κ1) is 23.6. The van der Waals surface area contributed by atoms with Gasteiger partial charge in [0, 0.05) is 13.1 Å². The first-order chi connectivity index (χ1) is 11.2. The average molecular weight is 485 g/mol. The molecule has 0 aromatic heterocycles. The van der Waals surface area contributed by atoms with Gasteiger partial charge in [0.2, 0.25) is 0 Å². The summed E-state index contributed by atoms with van der Waals surface area (Å²) in [6, 6.07) is 3.41. The van der Waals surface area contributed by atoms with E-state index in [0.29, 0.717) is 6.54 Å². The molecule has 0 fully saturated rings. The molecule has 1 aromatic rings. The van der Waals surface area contributed by atoms with Gasteiger partial charge in [0.1, 0.15) is 11.6 Å². The van der Waals surface area contributed by atoms with Gasteiger partial charge in [-0.3, -0.25) is 0 Å². The Balaban J connectivity index is 0.00000576. The molecule has 2 N–H and O–H groups in total. The molecular formula is C14H18F6IN3O. The van der Waals surface area contributed by atoms with Gasteiger partial charge in [-0.25, -0.2) is 9.38 Å². The number of hydrogen-bond donors (Lipinski definition) is 2. The van der Waals surface area contributed by atoms with E-state index in [9.17, 15) is 26.3 Å². The lowest BCUT2D eigenvalue weighted by Crippen LogP contribution is -2.38. The number of alkyl halides is 5. The molecule has 1 aromatic carbocycles. The summed E-state index contributed by atoms with van der Waals surface area (Å²) in [5, 5.41) is 5.11. The van der Waals surface area contributed by atoms with E-state index < -0.39 is 31.6 Å². The van der Waals surface area contributed by atoms with Crippen LogP contribution in [0.15, 0.2) is 23.2 Å². The van der Waals surface area contributed by atoms with Crippen LogP contribution in [0.25, 0.3) is 0 Å². The van der Waals surface area contributed by atoms with Crippen LogP contribution in [0, 0.1) is 5.82 Å². The molecule has 25 heavy (non-hydrogen) atoms. The van der Waals surface area contributed by atoms with E-state index in [1.54, 1.807) is 6.92 Å². The summed E-state index contributed by atoms with van der Waals surface area (Å²) in [4.78, 5) is 3.89. The molecule has 0 bridgehead atoms. The Kier molecular flexibility index (Phi) is 10.6. The van der Waals surface area contributed by atoms with E-state index >= 15 is 0 Å². The quantitative estimate of drug-likeness (QED) is 0.265. The van der Waals surface area contributed by atoms with Crippen LogP contribution in [-0.2, 0) is 6.54 Å². The zero-order valence-corrected chi connectivity index (χ0v) is 15.5. The molecule has 0 aliphatic carbocycles. The van der Waals surface area contributed by atoms with Crippen LogP contribution in [0.5, 0.6) is 5.75 Å². The minimum absolute atomic E-state index is 0. The normalized spacial score (nSPS) is 11.9. The molecule has 0 amide bonds. The van der Waals surface area contributed by atoms with Gasteiger partial charge in [-0.05, 0) is 19.1 Å². The van der Waals surface area contributed by atoms with Crippen molar-refractivity contribution in [1.82, 2.24) is 10.6 Å². The van der Waals surface area contributed by atoms with Crippen molar-refractivity contribution in [3.05, 3.63) is 29.6 Å². The Bertz CT molecular complexity index is 554. The predicted molar refractivity (Wildman–Crippen MR) is 91.9 cm³/mol. The van der Waals surface area contributed by atoms with Crippen molar-refractivity contribution in [3.8, 4) is 5.75 Å². The van der Waals surface area contributed by atoms with E-state index in [1.807, 2.05) is 0 Å². The summed E-state index contributed by atoms with van der Waals surface area (Å²) in [7, 11) is 0. The summed E-state index contributed by atoms with van der Waals surface area (Å²) < 4.78 is 79.0. The highest BCUT2D eigenvalue weighted by atomic mass is 127. The van der Waals surface area contributed by atoms with Crippen LogP contribution in [0.2, 0.25) is 0 Å². The van der Waals surface area contributed by atoms with Crippen molar-refractivity contribution in [1.29, 1.82) is 0 Å². The van der Waals surface area contributed by atoms with E-state index in [2.05, 4.69) is 20.4 Å². The number of benzene rings is 1. The highest BCUT2D eigenvalue weighted by Gasteiger charge is 2.26. The van der Waals surface area contributed by atoms with Gasteiger partial charge in [0.25, 0.3) is 0 Å². The molecule has 4 nitrogen and oxygen atoms in total. The highest BCUT2D eigenvalue weighted by molar-refractivity contribution is 14.0. The van der Waals surface area contributed by atoms with Crippen LogP contribution in [0.4, 0.5) is 26.3 Å². The molecule has 0 saturated carbocycles. The van der Waals surface area contributed by atoms with Crippen LogP contribution in [-0.4, -0.2) is 31.8 Å². The van der Waals surface area contributed by atoms with E-state index in [0.717, 1.165) is 12.1 Å². The van der Waals surface area contributed by atoms with Crippen LogP contribution in [0.1, 0.15) is 18.9 Å². The fraction of sp³-hybridized carbons (Fsp3) is 0.500. The Morgan fingerprint density at radius 3 is 2.48 bits per heavy atom. The predicted octanol–water partition coefficient (Wildman–Crippen LogP) is 4.05. The van der Waals surface area contributed by atoms with Gasteiger partial charge in [-0.1, -0.05) is 6.07 Å². The third-order valence-electron chi connectivity index (χ3n) is 2.73. The Morgan fingerprint density at radius 1 is 1.24 bits per heavy atom. The maximum atomic E-state index is 13.8. The number of rotatable bonds is 7. The minimum Gasteiger partial charge on any atom is -0.434 e. The second kappa shape index (κ2) is 11.3. The third kappa shape index (κ3) is 9.60. The van der Waals surface area contributed by atoms with Crippen molar-refractivity contribution in [2.45, 2.75) is 32.7 Å². The minimum atomic E-state index is -4.33. The monoisotopic (exact) mass is 485 g/mol. The zero-order chi connectivity index (χ0) is 18.2. The van der Waals surface area contributed by atoms with Crippen molar-refractivity contribution >= 4 is 29.9 Å². The molecule has 0 radical (unpaired) electrons. The van der Waals surface area contributed by atoms with Crippen molar-refractivity contribution in [2.75, 3.05) is 13.1 Å². The summed E-state index contributed by atoms with van der Waals surface area (Å²) in [6.45, 7) is -1.89. The number of nitrogens with one attached hydrogen (secondary N) is 2. The molecule has 0 aliphatic rings. The van der Waals surface area contributed by atoms with E-state index in [1.165, 1.54) is 6.07 Å². The first-order valence-electron chi connectivity index (χ1n) is 7.04. The summed E-state index contributed by atoms with van der Waals surface area (Å²) >= 11 is 0. The van der Waals surface area contributed by atoms with Crippen molar-refractivity contribution in [3.63, 3.8) is 0 Å². The van der Waals surface area contributed by atoms with Crippen LogP contribution >= 0.6 is 24.0 Å². The second-order valence-corrected chi connectivity index (χ2v) is 4.58. The molecular weight excluding hydrogens is 467 g/mol. The second-order valence-electron chi connectivity index (χ2n) is 4.58. The van der Waals surface area contributed by atoms with Crippen LogP contribution in [0.3, 0.4) is 0 Å². The molecule has 11 heteroatoms. The van der Waals surface area contributed by atoms with Gasteiger partial charge in [0.05, 0.1) is 18.5 Å². The largest absolute Gasteiger partial charge is 0.434 e. The molecule has 0 spiro atoms. The number of guanidine groups is 1. The van der Waals surface area contributed by atoms with Gasteiger partial charge < -0.3 is 15.4 Å². The number of halogens is 7. The third-order valence-corrected chi connectivity index (χ3v) is 2.73. The van der Waals surface area contributed by atoms with Crippen molar-refractivity contribution < 1.29 is 31.1 Å². The van der Waals surface area contributed by atoms with E-state index in [-0.39, 0.29) is 47.8 Å². The lowest BCUT2D eigenvalue weighted by molar-refractivity contribution is -0.132. The van der Waals surface area contributed by atoms with E-state index in [4.69, 9.17) is 0 Å². The molecule has 0 aliphatic heterocycles. The van der Waals surface area contributed by atoms with Gasteiger partial charge in [-0.15, -0.1) is 24.0 Å². The Labute approximate surface area is 158 Å². The number of ether oxygens (including phenoxy) is 1. The molecule has 0 saturated heterocycles. The summed E-state index contributed by atoms with van der Waals surface area (Å²) in [5.41, 5.74) is -0.217. The fourth-order valence-electron chi connectivity index (χ4n) is 1.72. The number of aliphatic imine (C=N–C) groups is 1. The Hall–Kier alpha value is -1.40. The maximum Gasteiger partial charge on any atom is 0.390 e. The molecule has 0 atom stereocenters. The standard InChI is InChI=1S/C14H17F6N3O.HI/c1-2-21-13(22-7-6-14(18,19)20)23-8-9-10(15)4-3-5-11(9)24-12(16)17;/h3-5,12H,2,6-8H2,1H3,(H2,21,22,23);1H. The lowest BCUT2D eigenvalue weighted by Gasteiger charge is -2.14. The summed E-state index contributed by atoms with van der Waals surface area (Å²) in [6.07, 6.45) is -5.40. The molecule has 144 valence electrons. The fourth-order valence-corrected chi connectivity index (χ4v) is 1.72. The Morgan fingerprint density at radius 2 is 1.92 bits per heavy atom. The zero-order valence-electron chi connectivity index (χ0n) is 13.2.